The minimum atomic E-state index is -3.81. The van der Waals surface area contributed by atoms with E-state index in [0.29, 0.717) is 0 Å². The quantitative estimate of drug-likeness (QED) is 0.594. The monoisotopic (exact) mass is 273 g/mol. The molecule has 1 amide bonds. The average molecular weight is 273 g/mol. The molecule has 0 bridgehead atoms. The van der Waals surface area contributed by atoms with E-state index in [9.17, 15) is 23.3 Å². The van der Waals surface area contributed by atoms with Gasteiger partial charge in [-0.15, -0.1) is 0 Å². The molecular formula is C9H11N3O5S. The highest BCUT2D eigenvalue weighted by molar-refractivity contribution is 7.92. The third-order valence-corrected chi connectivity index (χ3v) is 4.29. The van der Waals surface area contributed by atoms with Gasteiger partial charge in [0, 0.05) is 12.5 Å². The summed E-state index contributed by atoms with van der Waals surface area (Å²) in [7, 11) is -3.81. The van der Waals surface area contributed by atoms with Crippen LogP contribution in [0.2, 0.25) is 0 Å². The van der Waals surface area contributed by atoms with Crippen molar-refractivity contribution in [2.75, 3.05) is 0 Å². The van der Waals surface area contributed by atoms with Crippen LogP contribution in [0.1, 0.15) is 13.3 Å². The lowest BCUT2D eigenvalue weighted by atomic mass is 10.3. The summed E-state index contributed by atoms with van der Waals surface area (Å²) in [6.45, 7) is 1.32. The van der Waals surface area contributed by atoms with Gasteiger partial charge >= 0.3 is 0 Å². The molecule has 1 heterocycles. The third-order valence-electron chi connectivity index (χ3n) is 2.24. The van der Waals surface area contributed by atoms with Crippen molar-refractivity contribution >= 4 is 21.4 Å². The van der Waals surface area contributed by atoms with Crippen molar-refractivity contribution < 1.29 is 18.1 Å². The lowest BCUT2D eigenvalue weighted by Gasteiger charge is -2.09. The molecule has 1 rings (SSSR count). The van der Waals surface area contributed by atoms with E-state index >= 15 is 0 Å². The van der Waals surface area contributed by atoms with E-state index in [4.69, 9.17) is 5.73 Å². The maximum atomic E-state index is 11.9. The maximum absolute atomic E-state index is 11.9. The van der Waals surface area contributed by atoms with Crippen molar-refractivity contribution in [3.05, 3.63) is 28.4 Å². The number of hydrogen-bond acceptors (Lipinski definition) is 6. The molecule has 8 nitrogen and oxygen atoms in total. The number of nitro groups is 1. The number of nitrogens with zero attached hydrogens (tertiary/aromatic N) is 2. The van der Waals surface area contributed by atoms with E-state index in [1.165, 1.54) is 6.92 Å². The molecule has 0 aliphatic carbocycles. The van der Waals surface area contributed by atoms with E-state index < -0.39 is 25.9 Å². The van der Waals surface area contributed by atoms with Crippen LogP contribution in [0.5, 0.6) is 0 Å². The number of pyridine rings is 1. The smallest absolute Gasteiger partial charge is 0.287 e. The second-order valence-electron chi connectivity index (χ2n) is 3.64. The first-order chi connectivity index (χ1) is 8.25. The second kappa shape index (κ2) is 5.08. The van der Waals surface area contributed by atoms with Gasteiger partial charge in [-0.3, -0.25) is 14.9 Å². The largest absolute Gasteiger partial charge is 0.370 e. The SMILES string of the molecule is CC(CC(N)=O)S(=O)(=O)c1ccc([N+](=O)[O-])cn1. The number of primary amides is 1. The summed E-state index contributed by atoms with van der Waals surface area (Å²) >= 11 is 0. The van der Waals surface area contributed by atoms with Crippen LogP contribution in [-0.4, -0.2) is 29.5 Å². The molecule has 1 aromatic rings. The standard InChI is InChI=1S/C9H11N3O5S/c1-6(4-8(10)13)18(16,17)9-3-2-7(5-11-9)12(14)15/h2-3,5-6H,4H2,1H3,(H2,10,13). The molecule has 0 fully saturated rings. The first kappa shape index (κ1) is 14.0. The fraction of sp³-hybridized carbons (Fsp3) is 0.333. The van der Waals surface area contributed by atoms with Crippen molar-refractivity contribution in [1.29, 1.82) is 0 Å². The van der Waals surface area contributed by atoms with Gasteiger partial charge in [0.2, 0.25) is 5.91 Å². The zero-order valence-electron chi connectivity index (χ0n) is 9.44. The van der Waals surface area contributed by atoms with E-state index in [0.717, 1.165) is 18.3 Å². The first-order valence-electron chi connectivity index (χ1n) is 4.88. The Morgan fingerprint density at radius 2 is 2.17 bits per heavy atom. The first-order valence-corrected chi connectivity index (χ1v) is 6.42. The molecule has 0 saturated carbocycles. The van der Waals surface area contributed by atoms with Crippen LogP contribution >= 0.6 is 0 Å². The van der Waals surface area contributed by atoms with Crippen molar-refractivity contribution in [3.8, 4) is 0 Å². The van der Waals surface area contributed by atoms with Gasteiger partial charge < -0.3 is 5.73 Å². The summed E-state index contributed by atoms with van der Waals surface area (Å²) < 4.78 is 23.8. The Hall–Kier alpha value is -2.03. The number of nitrogens with two attached hydrogens (primary N) is 1. The second-order valence-corrected chi connectivity index (χ2v) is 5.95. The molecule has 0 aliphatic heterocycles. The van der Waals surface area contributed by atoms with Gasteiger partial charge in [-0.2, -0.15) is 0 Å². The number of amides is 1. The molecular weight excluding hydrogens is 262 g/mol. The highest BCUT2D eigenvalue weighted by Crippen LogP contribution is 2.18. The molecule has 1 aromatic heterocycles. The third kappa shape index (κ3) is 3.00. The van der Waals surface area contributed by atoms with Gasteiger partial charge in [0.15, 0.2) is 14.9 Å². The predicted molar refractivity (Wildman–Crippen MR) is 61.4 cm³/mol. The summed E-state index contributed by atoms with van der Waals surface area (Å²) in [6, 6.07) is 2.07. The highest BCUT2D eigenvalue weighted by atomic mass is 32.2. The Morgan fingerprint density at radius 3 is 2.56 bits per heavy atom. The van der Waals surface area contributed by atoms with Crippen LogP contribution in [0.4, 0.5) is 5.69 Å². The van der Waals surface area contributed by atoms with Crippen molar-refractivity contribution in [3.63, 3.8) is 0 Å². The molecule has 9 heteroatoms. The van der Waals surface area contributed by atoms with Gasteiger partial charge in [-0.05, 0) is 13.0 Å². The average Bonchev–Trinajstić information content (AvgIpc) is 2.28. The van der Waals surface area contributed by atoms with Gasteiger partial charge in [0.1, 0.15) is 6.20 Å². The van der Waals surface area contributed by atoms with Crippen LogP contribution in [0, 0.1) is 10.1 Å². The molecule has 0 saturated heterocycles. The molecule has 0 aliphatic rings. The van der Waals surface area contributed by atoms with Gasteiger partial charge in [-0.25, -0.2) is 13.4 Å². The molecule has 18 heavy (non-hydrogen) atoms. The highest BCUT2D eigenvalue weighted by Gasteiger charge is 2.26. The lowest BCUT2D eigenvalue weighted by molar-refractivity contribution is -0.385. The summed E-state index contributed by atoms with van der Waals surface area (Å²) in [5.41, 5.74) is 4.61. The predicted octanol–water partition coefficient (Wildman–Crippen LogP) is 0.0274. The van der Waals surface area contributed by atoms with Crippen LogP contribution in [0.3, 0.4) is 0 Å². The van der Waals surface area contributed by atoms with Gasteiger partial charge in [-0.1, -0.05) is 0 Å². The fourth-order valence-electron chi connectivity index (χ4n) is 1.25. The van der Waals surface area contributed by atoms with Gasteiger partial charge in [0.05, 0.1) is 10.2 Å². The van der Waals surface area contributed by atoms with E-state index in [1.807, 2.05) is 0 Å². The molecule has 1 unspecified atom stereocenters. The number of hydrogen-bond donors (Lipinski definition) is 1. The Balaban J connectivity index is 3.05. The van der Waals surface area contributed by atoms with Crippen LogP contribution in [-0.2, 0) is 14.6 Å². The molecule has 1 atom stereocenters. The number of carbonyl (C=O) groups is 1. The summed E-state index contributed by atoms with van der Waals surface area (Å²) in [5.74, 6) is -0.743. The normalized spacial score (nSPS) is 12.9. The molecule has 0 aromatic carbocycles. The number of aromatic nitrogens is 1. The number of sulfone groups is 1. The number of carbonyl (C=O) groups excluding carboxylic acids is 1. The molecule has 98 valence electrons. The Morgan fingerprint density at radius 1 is 1.56 bits per heavy atom. The Kier molecular flexibility index (Phi) is 3.96. The molecule has 0 spiro atoms. The lowest BCUT2D eigenvalue weighted by Crippen LogP contribution is -2.25. The van der Waals surface area contributed by atoms with E-state index in [2.05, 4.69) is 4.98 Å². The van der Waals surface area contributed by atoms with Crippen LogP contribution < -0.4 is 5.73 Å². The molecule has 0 radical (unpaired) electrons. The summed E-state index contributed by atoms with van der Waals surface area (Å²) in [5, 5.41) is 9.05. The Labute approximate surface area is 103 Å². The van der Waals surface area contributed by atoms with Crippen LogP contribution in [0.25, 0.3) is 0 Å². The van der Waals surface area contributed by atoms with Crippen molar-refractivity contribution in [1.82, 2.24) is 4.98 Å². The summed E-state index contributed by atoms with van der Waals surface area (Å²) in [6.07, 6.45) is 0.519. The topological polar surface area (TPSA) is 133 Å². The van der Waals surface area contributed by atoms with Crippen LogP contribution in [0.15, 0.2) is 23.4 Å². The van der Waals surface area contributed by atoms with E-state index in [1.54, 1.807) is 0 Å². The minimum absolute atomic E-state index is 0.309. The maximum Gasteiger partial charge on any atom is 0.287 e. The number of rotatable bonds is 5. The molecule has 2 N–H and O–H groups in total. The zero-order valence-corrected chi connectivity index (χ0v) is 10.3. The van der Waals surface area contributed by atoms with E-state index in [-0.39, 0.29) is 17.1 Å². The Bertz CT molecular complexity index is 566. The van der Waals surface area contributed by atoms with Gasteiger partial charge in [0.25, 0.3) is 5.69 Å². The zero-order chi connectivity index (χ0) is 13.9. The summed E-state index contributed by atoms with van der Waals surface area (Å²) in [4.78, 5) is 23.9. The minimum Gasteiger partial charge on any atom is -0.370 e. The van der Waals surface area contributed by atoms with Crippen molar-refractivity contribution in [2.24, 2.45) is 5.73 Å². The van der Waals surface area contributed by atoms with Crippen molar-refractivity contribution in [2.45, 2.75) is 23.6 Å². The fourth-order valence-corrected chi connectivity index (χ4v) is 2.50.